The van der Waals surface area contributed by atoms with Crippen LogP contribution < -0.4 is 5.73 Å². The number of nitrogens with two attached hydrogens (primary N) is 1. The number of aromatic carboxylic acids is 1. The topological polar surface area (TPSA) is 93.3 Å². The van der Waals surface area contributed by atoms with Crippen molar-refractivity contribution in [3.8, 4) is 0 Å². The molecule has 0 aliphatic rings. The van der Waals surface area contributed by atoms with Crippen LogP contribution in [0.25, 0.3) is 0 Å². The summed E-state index contributed by atoms with van der Waals surface area (Å²) in [5, 5.41) is 9.66. The van der Waals surface area contributed by atoms with Crippen LogP contribution in [0.5, 0.6) is 0 Å². The monoisotopic (exact) mass is 274 g/mol. The first-order chi connectivity index (χ1) is 9.08. The van der Waals surface area contributed by atoms with Gasteiger partial charge in [0.2, 0.25) is 5.91 Å². The first-order valence-corrected chi connectivity index (χ1v) is 6.15. The molecule has 96 valence electrons. The van der Waals surface area contributed by atoms with Crippen molar-refractivity contribution >= 4 is 23.6 Å². The Kier molecular flexibility index (Phi) is 3.82. The summed E-state index contributed by atoms with van der Waals surface area (Å²) in [7, 11) is 0. The minimum Gasteiger partial charge on any atom is -0.478 e. The van der Waals surface area contributed by atoms with Crippen LogP contribution in [0.2, 0.25) is 0 Å². The van der Waals surface area contributed by atoms with Gasteiger partial charge in [-0.3, -0.25) is 4.79 Å². The van der Waals surface area contributed by atoms with Crippen molar-refractivity contribution in [1.29, 1.82) is 0 Å². The Morgan fingerprint density at radius 1 is 1.16 bits per heavy atom. The van der Waals surface area contributed by atoms with Crippen LogP contribution in [0.1, 0.15) is 20.7 Å². The van der Waals surface area contributed by atoms with Crippen molar-refractivity contribution in [1.82, 2.24) is 4.98 Å². The maximum Gasteiger partial charge on any atom is 0.336 e. The van der Waals surface area contributed by atoms with Gasteiger partial charge in [0.05, 0.1) is 11.1 Å². The van der Waals surface area contributed by atoms with Gasteiger partial charge < -0.3 is 10.8 Å². The molecule has 0 saturated heterocycles. The number of amides is 1. The van der Waals surface area contributed by atoms with Gasteiger partial charge in [-0.25, -0.2) is 9.78 Å². The first kappa shape index (κ1) is 13.1. The number of rotatable bonds is 4. The van der Waals surface area contributed by atoms with Gasteiger partial charge in [0.25, 0.3) is 0 Å². The molecule has 1 heterocycles. The van der Waals surface area contributed by atoms with Crippen LogP contribution in [0.4, 0.5) is 0 Å². The number of carbonyl (C=O) groups is 2. The average Bonchev–Trinajstić information content (AvgIpc) is 2.39. The number of carboxylic acids is 1. The third-order valence-corrected chi connectivity index (χ3v) is 3.38. The molecule has 1 amide bonds. The van der Waals surface area contributed by atoms with Gasteiger partial charge in [-0.05, 0) is 24.3 Å². The molecule has 1 aromatic carbocycles. The number of hydrogen-bond acceptors (Lipinski definition) is 4. The number of nitrogens with zero attached hydrogens (tertiary/aromatic N) is 1. The van der Waals surface area contributed by atoms with Gasteiger partial charge in [0.15, 0.2) is 0 Å². The number of carbonyl (C=O) groups excluding carboxylic acids is 1. The molecule has 0 bridgehead atoms. The van der Waals surface area contributed by atoms with Gasteiger partial charge in [-0.1, -0.05) is 23.9 Å². The second-order valence-electron chi connectivity index (χ2n) is 3.65. The highest BCUT2D eigenvalue weighted by Crippen LogP contribution is 2.28. The average molecular weight is 274 g/mol. The molecule has 0 aliphatic heterocycles. The second-order valence-corrected chi connectivity index (χ2v) is 4.71. The molecule has 19 heavy (non-hydrogen) atoms. The molecule has 3 N–H and O–H groups in total. The van der Waals surface area contributed by atoms with Crippen LogP contribution >= 0.6 is 11.8 Å². The Labute approximate surface area is 113 Å². The largest absolute Gasteiger partial charge is 0.478 e. The zero-order valence-electron chi connectivity index (χ0n) is 9.74. The molecule has 0 atom stereocenters. The van der Waals surface area contributed by atoms with Crippen molar-refractivity contribution in [3.63, 3.8) is 0 Å². The van der Waals surface area contributed by atoms with Crippen molar-refractivity contribution in [2.24, 2.45) is 5.73 Å². The number of aromatic nitrogens is 1. The van der Waals surface area contributed by atoms with E-state index in [1.165, 1.54) is 24.0 Å². The van der Waals surface area contributed by atoms with Crippen molar-refractivity contribution in [3.05, 3.63) is 53.7 Å². The fraction of sp³-hybridized carbons (Fsp3) is 0. The summed E-state index contributed by atoms with van der Waals surface area (Å²) in [5.74, 6) is -1.54. The summed E-state index contributed by atoms with van der Waals surface area (Å²) < 4.78 is 0. The molecule has 0 fully saturated rings. The van der Waals surface area contributed by atoms with E-state index in [1.807, 2.05) is 0 Å². The molecule has 6 heteroatoms. The quantitative estimate of drug-likeness (QED) is 0.889. The van der Waals surface area contributed by atoms with Gasteiger partial charge in [-0.15, -0.1) is 0 Å². The zero-order valence-corrected chi connectivity index (χ0v) is 10.6. The number of carboxylic acid groups (broad SMARTS) is 1. The number of pyridine rings is 1. The molecular formula is C13H10N2O3S. The molecule has 0 spiro atoms. The molecule has 0 radical (unpaired) electrons. The second kappa shape index (κ2) is 5.53. The highest BCUT2D eigenvalue weighted by molar-refractivity contribution is 7.99. The summed E-state index contributed by atoms with van der Waals surface area (Å²) in [6.45, 7) is 0. The van der Waals surface area contributed by atoms with Crippen LogP contribution in [0, 0.1) is 0 Å². The van der Waals surface area contributed by atoms with Crippen LogP contribution in [0.15, 0.2) is 52.5 Å². The maximum absolute atomic E-state index is 11.1. The number of primary amides is 1. The summed E-state index contributed by atoms with van der Waals surface area (Å²) in [4.78, 5) is 26.6. The lowest BCUT2D eigenvalue weighted by Gasteiger charge is -2.05. The lowest BCUT2D eigenvalue weighted by atomic mass is 10.2. The summed E-state index contributed by atoms with van der Waals surface area (Å²) in [6, 6.07) is 9.84. The standard InChI is InChI=1S/C13H10N2O3S/c14-12(16)8-5-6-11(15-7-8)19-10-4-2-1-3-9(10)13(17)18/h1-7H,(H2,14,16)(H,17,18). The Morgan fingerprint density at radius 2 is 1.89 bits per heavy atom. The third kappa shape index (κ3) is 3.11. The summed E-state index contributed by atoms with van der Waals surface area (Å²) in [6.07, 6.45) is 1.37. The van der Waals surface area contributed by atoms with Crippen molar-refractivity contribution in [2.75, 3.05) is 0 Å². The number of hydrogen-bond donors (Lipinski definition) is 2. The van der Waals surface area contributed by atoms with E-state index < -0.39 is 11.9 Å². The van der Waals surface area contributed by atoms with E-state index in [0.717, 1.165) is 0 Å². The minimum atomic E-state index is -0.989. The minimum absolute atomic E-state index is 0.216. The third-order valence-electron chi connectivity index (χ3n) is 2.35. The Morgan fingerprint density at radius 3 is 2.47 bits per heavy atom. The fourth-order valence-corrected chi connectivity index (χ4v) is 2.31. The normalized spacial score (nSPS) is 10.1. The first-order valence-electron chi connectivity index (χ1n) is 5.34. The van der Waals surface area contributed by atoms with E-state index >= 15 is 0 Å². The van der Waals surface area contributed by atoms with E-state index in [0.29, 0.717) is 15.5 Å². The van der Waals surface area contributed by atoms with E-state index in [9.17, 15) is 9.59 Å². The molecule has 0 unspecified atom stereocenters. The van der Waals surface area contributed by atoms with Crippen molar-refractivity contribution < 1.29 is 14.7 Å². The van der Waals surface area contributed by atoms with Gasteiger partial charge in [0, 0.05) is 11.1 Å². The van der Waals surface area contributed by atoms with E-state index in [2.05, 4.69) is 4.98 Å². The number of benzene rings is 1. The van der Waals surface area contributed by atoms with Crippen LogP contribution in [-0.2, 0) is 0 Å². The maximum atomic E-state index is 11.1. The fourth-order valence-electron chi connectivity index (χ4n) is 1.43. The molecule has 2 rings (SSSR count). The van der Waals surface area contributed by atoms with Gasteiger partial charge in [0.1, 0.15) is 5.03 Å². The summed E-state index contributed by atoms with van der Waals surface area (Å²) in [5.41, 5.74) is 5.65. The van der Waals surface area contributed by atoms with E-state index in [4.69, 9.17) is 10.8 Å². The molecular weight excluding hydrogens is 264 g/mol. The molecule has 0 aliphatic carbocycles. The zero-order chi connectivity index (χ0) is 13.8. The smallest absolute Gasteiger partial charge is 0.336 e. The van der Waals surface area contributed by atoms with Gasteiger partial charge in [-0.2, -0.15) is 0 Å². The Bertz CT molecular complexity index is 626. The summed E-state index contributed by atoms with van der Waals surface area (Å²) >= 11 is 1.22. The van der Waals surface area contributed by atoms with Crippen molar-refractivity contribution in [2.45, 2.75) is 9.92 Å². The molecule has 1 aromatic heterocycles. The van der Waals surface area contributed by atoms with E-state index in [1.54, 1.807) is 30.3 Å². The lowest BCUT2D eigenvalue weighted by Crippen LogP contribution is -2.10. The Hall–Kier alpha value is -2.34. The Balaban J connectivity index is 2.26. The van der Waals surface area contributed by atoms with Crippen LogP contribution in [-0.4, -0.2) is 22.0 Å². The van der Waals surface area contributed by atoms with Crippen LogP contribution in [0.3, 0.4) is 0 Å². The highest BCUT2D eigenvalue weighted by atomic mass is 32.2. The molecule has 2 aromatic rings. The molecule has 5 nitrogen and oxygen atoms in total. The predicted octanol–water partition coefficient (Wildman–Crippen LogP) is 2.03. The van der Waals surface area contributed by atoms with E-state index in [-0.39, 0.29) is 5.56 Å². The van der Waals surface area contributed by atoms with Gasteiger partial charge >= 0.3 is 5.97 Å². The predicted molar refractivity (Wildman–Crippen MR) is 70.3 cm³/mol. The highest BCUT2D eigenvalue weighted by Gasteiger charge is 2.11. The molecule has 0 saturated carbocycles. The SMILES string of the molecule is NC(=O)c1ccc(Sc2ccccc2C(=O)O)nc1. The lowest BCUT2D eigenvalue weighted by molar-refractivity contribution is 0.0693.